The van der Waals surface area contributed by atoms with E-state index < -0.39 is 12.1 Å². The first kappa shape index (κ1) is 27.0. The molecule has 0 saturated carbocycles. The summed E-state index contributed by atoms with van der Waals surface area (Å²) in [5.74, 6) is 4.15. The molecule has 1 aromatic carbocycles. The largest absolute Gasteiger partial charge is 0.490 e. The van der Waals surface area contributed by atoms with Gasteiger partial charge in [-0.15, -0.1) is 5.92 Å². The van der Waals surface area contributed by atoms with Crippen LogP contribution in [0.1, 0.15) is 12.5 Å². The van der Waals surface area contributed by atoms with Crippen molar-refractivity contribution in [1.82, 2.24) is 24.4 Å². The van der Waals surface area contributed by atoms with Crippen molar-refractivity contribution >= 4 is 23.1 Å². The number of fused-ring (bicyclic) bond motifs is 1. The second-order valence-electron chi connectivity index (χ2n) is 7.61. The normalized spacial score (nSPS) is 13.1. The molecule has 0 unspecified atom stereocenters. The molecule has 1 aliphatic rings. The Morgan fingerprint density at radius 1 is 1.24 bits per heavy atom. The molecule has 1 fully saturated rings. The number of anilines is 1. The number of nitrogens with zero attached hydrogens (tertiary/aromatic N) is 6. The topological polar surface area (TPSA) is 138 Å². The smallest absolute Gasteiger partial charge is 0.475 e. The fourth-order valence-corrected chi connectivity index (χ4v) is 3.38. The molecule has 4 rings (SSSR count). The maximum Gasteiger partial charge on any atom is 0.490 e. The molecule has 14 heteroatoms. The lowest BCUT2D eigenvalue weighted by Gasteiger charge is -2.28. The molecule has 3 aromatic rings. The second-order valence-corrected chi connectivity index (χ2v) is 7.61. The van der Waals surface area contributed by atoms with E-state index in [-0.39, 0.29) is 11.6 Å². The summed E-state index contributed by atoms with van der Waals surface area (Å²) in [5.41, 5.74) is 0.761. The van der Waals surface area contributed by atoms with E-state index in [2.05, 4.69) is 38.1 Å². The lowest BCUT2D eigenvalue weighted by Crippen LogP contribution is -2.44. The number of piperazine rings is 1. The van der Waals surface area contributed by atoms with Gasteiger partial charge in [-0.25, -0.2) is 4.79 Å². The Bertz CT molecular complexity index is 1460. The van der Waals surface area contributed by atoms with Crippen molar-refractivity contribution < 1.29 is 27.8 Å². The number of imidazole rings is 1. The number of halogens is 3. The molecule has 1 saturated heterocycles. The molecule has 0 bridgehead atoms. The molecule has 1 aliphatic heterocycles. The van der Waals surface area contributed by atoms with Gasteiger partial charge in [-0.05, 0) is 19.1 Å². The molecule has 37 heavy (non-hydrogen) atoms. The minimum absolute atomic E-state index is 0.0771. The third kappa shape index (κ3) is 6.17. The monoisotopic (exact) mass is 517 g/mol. The molecule has 2 N–H and O–H groups in total. The standard InChI is InChI=1S/C21H21N7O2.C2HF3O2/c1-3-4-11-28-17-18(24-20(28)27-12-9-23-10-13-27)25-21(26(2)19(17)29)30-16-8-6-5-7-15(16)14-22;3-2(4,5)1(6)7/h5-8,23H,9-13H2,1-2H3;(H,6,7). The van der Waals surface area contributed by atoms with Gasteiger partial charge in [-0.3, -0.25) is 13.9 Å². The number of benzene rings is 1. The Kier molecular flexibility index (Phi) is 8.37. The molecule has 194 valence electrons. The van der Waals surface area contributed by atoms with Gasteiger partial charge in [-0.2, -0.15) is 28.4 Å². The lowest BCUT2D eigenvalue weighted by molar-refractivity contribution is -0.192. The van der Waals surface area contributed by atoms with E-state index in [9.17, 15) is 23.2 Å². The van der Waals surface area contributed by atoms with E-state index in [0.29, 0.717) is 35.0 Å². The molecular formula is C23H22F3N7O4. The number of nitrogens with one attached hydrogen (secondary N) is 1. The highest BCUT2D eigenvalue weighted by Crippen LogP contribution is 2.25. The Morgan fingerprint density at radius 3 is 2.49 bits per heavy atom. The summed E-state index contributed by atoms with van der Waals surface area (Å²) < 4.78 is 40.7. The van der Waals surface area contributed by atoms with E-state index in [4.69, 9.17) is 14.6 Å². The molecule has 0 amide bonds. The third-order valence-electron chi connectivity index (χ3n) is 5.19. The number of hydrogen-bond acceptors (Lipinski definition) is 8. The fourth-order valence-electron chi connectivity index (χ4n) is 3.38. The van der Waals surface area contributed by atoms with Crippen molar-refractivity contribution in [2.45, 2.75) is 19.6 Å². The Morgan fingerprint density at radius 2 is 1.89 bits per heavy atom. The van der Waals surface area contributed by atoms with Gasteiger partial charge in [0.05, 0.1) is 12.1 Å². The van der Waals surface area contributed by atoms with E-state index in [1.807, 2.05) is 4.57 Å². The van der Waals surface area contributed by atoms with E-state index in [0.717, 1.165) is 26.2 Å². The van der Waals surface area contributed by atoms with Gasteiger partial charge in [0.25, 0.3) is 5.56 Å². The van der Waals surface area contributed by atoms with Crippen LogP contribution < -0.4 is 20.5 Å². The number of carboxylic acid groups (broad SMARTS) is 1. The lowest BCUT2D eigenvalue weighted by atomic mass is 10.2. The third-order valence-corrected chi connectivity index (χ3v) is 5.19. The van der Waals surface area contributed by atoms with Crippen LogP contribution >= 0.6 is 0 Å². The van der Waals surface area contributed by atoms with Crippen LogP contribution in [-0.4, -0.2) is 62.5 Å². The number of ether oxygens (including phenoxy) is 1. The van der Waals surface area contributed by atoms with Crippen LogP contribution in [0.15, 0.2) is 29.1 Å². The van der Waals surface area contributed by atoms with Crippen molar-refractivity contribution in [2.75, 3.05) is 31.1 Å². The van der Waals surface area contributed by atoms with Crippen LogP contribution in [-0.2, 0) is 18.4 Å². The van der Waals surface area contributed by atoms with Crippen LogP contribution in [0.4, 0.5) is 19.1 Å². The zero-order valence-corrected chi connectivity index (χ0v) is 19.8. The van der Waals surface area contributed by atoms with Gasteiger partial charge in [0.15, 0.2) is 11.2 Å². The summed E-state index contributed by atoms with van der Waals surface area (Å²) >= 11 is 0. The Labute approximate surface area is 208 Å². The van der Waals surface area contributed by atoms with E-state index in [1.54, 1.807) is 38.2 Å². The van der Waals surface area contributed by atoms with Gasteiger partial charge in [-0.1, -0.05) is 18.1 Å². The molecule has 0 spiro atoms. The number of carbonyl (C=O) groups is 1. The number of nitriles is 1. The zero-order valence-electron chi connectivity index (χ0n) is 19.8. The van der Waals surface area contributed by atoms with Gasteiger partial charge in [0.1, 0.15) is 11.8 Å². The van der Waals surface area contributed by atoms with Crippen LogP contribution in [0.3, 0.4) is 0 Å². The first-order chi connectivity index (χ1) is 17.6. The number of carboxylic acids is 1. The highest BCUT2D eigenvalue weighted by atomic mass is 19.4. The second kappa shape index (κ2) is 11.5. The minimum atomic E-state index is -5.08. The van der Waals surface area contributed by atoms with Crippen molar-refractivity contribution in [3.8, 4) is 29.7 Å². The van der Waals surface area contributed by atoms with Crippen LogP contribution in [0.25, 0.3) is 11.2 Å². The quantitative estimate of drug-likeness (QED) is 0.497. The maximum absolute atomic E-state index is 13.2. The van der Waals surface area contributed by atoms with Gasteiger partial charge >= 0.3 is 18.2 Å². The van der Waals surface area contributed by atoms with Crippen LogP contribution in [0.2, 0.25) is 0 Å². The summed E-state index contributed by atoms with van der Waals surface area (Å²) in [6.07, 6.45) is -5.08. The van der Waals surface area contributed by atoms with Gasteiger partial charge < -0.3 is 20.1 Å². The molecule has 2 aromatic heterocycles. The first-order valence-corrected chi connectivity index (χ1v) is 10.9. The Balaban J connectivity index is 0.000000479. The first-order valence-electron chi connectivity index (χ1n) is 10.9. The molecular weight excluding hydrogens is 495 g/mol. The summed E-state index contributed by atoms with van der Waals surface area (Å²) in [5, 5.41) is 19.7. The van der Waals surface area contributed by atoms with Crippen molar-refractivity contribution in [1.29, 1.82) is 5.26 Å². The number of rotatable bonds is 4. The molecule has 3 heterocycles. The average molecular weight is 517 g/mol. The number of aromatic nitrogens is 4. The Hall–Kier alpha value is -4.56. The highest BCUT2D eigenvalue weighted by molar-refractivity contribution is 5.75. The summed E-state index contributed by atoms with van der Waals surface area (Å²) in [7, 11) is 1.59. The van der Waals surface area contributed by atoms with Crippen LogP contribution in [0.5, 0.6) is 11.8 Å². The summed E-state index contributed by atoms with van der Waals surface area (Å²) in [6, 6.07) is 8.97. The SMILES string of the molecule is CC#CCn1c(N2CCNCC2)nc2nc(Oc3ccccc3C#N)n(C)c(=O)c21.O=C(O)C(F)(F)F. The van der Waals surface area contributed by atoms with Crippen LogP contribution in [0, 0.1) is 23.2 Å². The van der Waals surface area contributed by atoms with E-state index in [1.165, 1.54) is 4.57 Å². The molecule has 0 atom stereocenters. The maximum atomic E-state index is 13.2. The zero-order chi connectivity index (χ0) is 27.2. The van der Waals surface area contributed by atoms with E-state index >= 15 is 0 Å². The van der Waals surface area contributed by atoms with Gasteiger partial charge in [0.2, 0.25) is 5.95 Å². The van der Waals surface area contributed by atoms with Gasteiger partial charge in [0, 0.05) is 33.2 Å². The summed E-state index contributed by atoms with van der Waals surface area (Å²) in [4.78, 5) is 33.4. The average Bonchev–Trinajstić information content (AvgIpc) is 3.24. The predicted octanol–water partition coefficient (Wildman–Crippen LogP) is 1.86. The molecule has 11 nitrogen and oxygen atoms in total. The fraction of sp³-hybridized carbons (Fsp3) is 0.348. The van der Waals surface area contributed by atoms with Crippen molar-refractivity contribution in [2.24, 2.45) is 7.05 Å². The predicted molar refractivity (Wildman–Crippen MR) is 126 cm³/mol. The molecule has 0 radical (unpaired) electrons. The highest BCUT2D eigenvalue weighted by Gasteiger charge is 2.38. The summed E-state index contributed by atoms with van der Waals surface area (Å²) in [6.45, 7) is 5.35. The molecule has 0 aliphatic carbocycles. The number of alkyl halides is 3. The van der Waals surface area contributed by atoms with Crippen molar-refractivity contribution in [3.63, 3.8) is 0 Å². The minimum Gasteiger partial charge on any atom is -0.475 e. The number of aliphatic carboxylic acids is 1. The number of para-hydroxylation sites is 1. The number of hydrogen-bond donors (Lipinski definition) is 2. The van der Waals surface area contributed by atoms with Crippen molar-refractivity contribution in [3.05, 3.63) is 40.2 Å².